The van der Waals surface area contributed by atoms with Gasteiger partial charge in [0, 0.05) is 22.6 Å². The second-order valence-electron chi connectivity index (χ2n) is 5.27. The Morgan fingerprint density at radius 2 is 1.87 bits per heavy atom. The molecule has 2 aromatic heterocycles. The van der Waals surface area contributed by atoms with Crippen molar-refractivity contribution in [3.05, 3.63) is 75.2 Å². The van der Waals surface area contributed by atoms with E-state index in [2.05, 4.69) is 4.98 Å². The molecule has 4 rings (SSSR count). The van der Waals surface area contributed by atoms with Crippen molar-refractivity contribution in [3.63, 3.8) is 0 Å². The van der Waals surface area contributed by atoms with Crippen LogP contribution in [-0.4, -0.2) is 4.98 Å². The number of para-hydroxylation sites is 1. The van der Waals surface area contributed by atoms with E-state index >= 15 is 0 Å². The molecule has 0 bridgehead atoms. The van der Waals surface area contributed by atoms with E-state index in [-0.39, 0.29) is 5.43 Å². The van der Waals surface area contributed by atoms with E-state index in [0.29, 0.717) is 16.7 Å². The highest BCUT2D eigenvalue weighted by Crippen LogP contribution is 2.31. The van der Waals surface area contributed by atoms with Gasteiger partial charge in [-0.15, -0.1) is 11.3 Å². The predicted molar refractivity (Wildman–Crippen MR) is 93.8 cm³/mol. The minimum atomic E-state index is -0.0427. The van der Waals surface area contributed by atoms with E-state index < -0.39 is 0 Å². The maximum absolute atomic E-state index is 12.5. The Kier molecular flexibility index (Phi) is 3.32. The molecule has 0 aliphatic heterocycles. The van der Waals surface area contributed by atoms with Crippen LogP contribution in [0.3, 0.4) is 0 Å². The Hall–Kier alpha value is -2.72. The standard InChI is InChI=1S/C19H13NO2S/c1-12-20-16(11-23-12)14-8-5-9-15-17(21)10-18(22-19(14)15)13-6-3-2-4-7-13/h2-11H,1H3. The van der Waals surface area contributed by atoms with Crippen LogP contribution in [0, 0.1) is 6.92 Å². The number of nitrogens with zero attached hydrogens (tertiary/aromatic N) is 1. The van der Waals surface area contributed by atoms with Crippen molar-refractivity contribution in [2.45, 2.75) is 6.92 Å². The first-order valence-electron chi connectivity index (χ1n) is 7.27. The van der Waals surface area contributed by atoms with Crippen molar-refractivity contribution in [2.24, 2.45) is 0 Å². The third-order valence-corrected chi connectivity index (χ3v) is 4.48. The molecule has 0 saturated heterocycles. The Balaban J connectivity index is 2.02. The number of benzene rings is 2. The first kappa shape index (κ1) is 13.9. The molecule has 2 heterocycles. The summed E-state index contributed by atoms with van der Waals surface area (Å²) in [5, 5.41) is 3.55. The van der Waals surface area contributed by atoms with E-state index in [4.69, 9.17) is 4.42 Å². The normalized spacial score (nSPS) is 11.0. The minimum absolute atomic E-state index is 0.0427. The molecular formula is C19H13NO2S. The van der Waals surface area contributed by atoms with E-state index in [1.807, 2.05) is 54.8 Å². The Bertz CT molecular complexity index is 1050. The Morgan fingerprint density at radius 1 is 1.04 bits per heavy atom. The van der Waals surface area contributed by atoms with Crippen LogP contribution in [0.4, 0.5) is 0 Å². The third-order valence-electron chi connectivity index (χ3n) is 3.71. The molecule has 112 valence electrons. The summed E-state index contributed by atoms with van der Waals surface area (Å²) in [6, 6.07) is 16.8. The highest BCUT2D eigenvalue weighted by atomic mass is 32.1. The van der Waals surface area contributed by atoms with Crippen molar-refractivity contribution >= 4 is 22.3 Å². The molecule has 0 atom stereocenters. The highest BCUT2D eigenvalue weighted by molar-refractivity contribution is 7.09. The fourth-order valence-electron chi connectivity index (χ4n) is 2.61. The molecule has 3 nitrogen and oxygen atoms in total. The molecule has 0 radical (unpaired) electrons. The van der Waals surface area contributed by atoms with Gasteiger partial charge in [-0.25, -0.2) is 4.98 Å². The number of thiazole rings is 1. The predicted octanol–water partition coefficient (Wildman–Crippen LogP) is 4.89. The van der Waals surface area contributed by atoms with E-state index in [1.165, 1.54) is 0 Å². The van der Waals surface area contributed by atoms with Crippen LogP contribution in [0.1, 0.15) is 5.01 Å². The fraction of sp³-hybridized carbons (Fsp3) is 0.0526. The Labute approximate surface area is 136 Å². The van der Waals surface area contributed by atoms with Crippen LogP contribution >= 0.6 is 11.3 Å². The van der Waals surface area contributed by atoms with Crippen LogP contribution in [-0.2, 0) is 0 Å². The molecule has 0 aliphatic carbocycles. The highest BCUT2D eigenvalue weighted by Gasteiger charge is 2.13. The monoisotopic (exact) mass is 319 g/mol. The van der Waals surface area contributed by atoms with Gasteiger partial charge in [-0.1, -0.05) is 36.4 Å². The fourth-order valence-corrected chi connectivity index (χ4v) is 3.22. The van der Waals surface area contributed by atoms with Gasteiger partial charge in [-0.3, -0.25) is 4.79 Å². The smallest absolute Gasteiger partial charge is 0.193 e. The molecule has 0 aliphatic rings. The van der Waals surface area contributed by atoms with Crippen LogP contribution < -0.4 is 5.43 Å². The molecule has 0 amide bonds. The van der Waals surface area contributed by atoms with Gasteiger partial charge in [0.15, 0.2) is 5.43 Å². The van der Waals surface area contributed by atoms with Crippen LogP contribution in [0.25, 0.3) is 33.6 Å². The topological polar surface area (TPSA) is 43.1 Å². The minimum Gasteiger partial charge on any atom is -0.455 e. The summed E-state index contributed by atoms with van der Waals surface area (Å²) in [5.74, 6) is 0.572. The van der Waals surface area contributed by atoms with Gasteiger partial charge < -0.3 is 4.42 Å². The summed E-state index contributed by atoms with van der Waals surface area (Å²) >= 11 is 1.58. The van der Waals surface area contributed by atoms with Crippen molar-refractivity contribution in [2.75, 3.05) is 0 Å². The number of aryl methyl sites for hydroxylation is 1. The summed E-state index contributed by atoms with van der Waals surface area (Å²) < 4.78 is 6.09. The first-order valence-corrected chi connectivity index (χ1v) is 8.15. The van der Waals surface area contributed by atoms with Gasteiger partial charge in [-0.05, 0) is 19.1 Å². The molecule has 0 N–H and O–H groups in total. The quantitative estimate of drug-likeness (QED) is 0.528. The summed E-state index contributed by atoms with van der Waals surface area (Å²) in [6.45, 7) is 1.96. The van der Waals surface area contributed by atoms with Gasteiger partial charge in [-0.2, -0.15) is 0 Å². The maximum Gasteiger partial charge on any atom is 0.193 e. The lowest BCUT2D eigenvalue weighted by molar-refractivity contribution is 0.620. The molecule has 0 saturated carbocycles. The molecule has 0 spiro atoms. The van der Waals surface area contributed by atoms with Crippen molar-refractivity contribution in [1.29, 1.82) is 0 Å². The third kappa shape index (κ3) is 2.47. The van der Waals surface area contributed by atoms with Gasteiger partial charge >= 0.3 is 0 Å². The summed E-state index contributed by atoms with van der Waals surface area (Å²) in [7, 11) is 0. The lowest BCUT2D eigenvalue weighted by Crippen LogP contribution is -2.01. The van der Waals surface area contributed by atoms with Crippen LogP contribution in [0.2, 0.25) is 0 Å². The van der Waals surface area contributed by atoms with Crippen molar-refractivity contribution < 1.29 is 4.42 Å². The van der Waals surface area contributed by atoms with Gasteiger partial charge in [0.25, 0.3) is 0 Å². The number of hydrogen-bond donors (Lipinski definition) is 0. The van der Waals surface area contributed by atoms with Gasteiger partial charge in [0.2, 0.25) is 0 Å². The molecular weight excluding hydrogens is 306 g/mol. The second-order valence-corrected chi connectivity index (χ2v) is 6.34. The zero-order valence-corrected chi connectivity index (χ0v) is 13.3. The van der Waals surface area contributed by atoms with E-state index in [1.54, 1.807) is 23.5 Å². The van der Waals surface area contributed by atoms with Crippen LogP contribution in [0.5, 0.6) is 0 Å². The van der Waals surface area contributed by atoms with E-state index in [9.17, 15) is 4.79 Å². The first-order chi connectivity index (χ1) is 11.2. The number of hydrogen-bond acceptors (Lipinski definition) is 4. The largest absolute Gasteiger partial charge is 0.455 e. The van der Waals surface area contributed by atoms with E-state index in [0.717, 1.165) is 21.8 Å². The van der Waals surface area contributed by atoms with Gasteiger partial charge in [0.1, 0.15) is 11.3 Å². The molecule has 0 unspecified atom stereocenters. The summed E-state index contributed by atoms with van der Waals surface area (Å²) in [4.78, 5) is 17.0. The molecule has 4 heteroatoms. The average Bonchev–Trinajstić information content (AvgIpc) is 3.01. The van der Waals surface area contributed by atoms with Gasteiger partial charge in [0.05, 0.1) is 16.1 Å². The summed E-state index contributed by atoms with van der Waals surface area (Å²) in [5.41, 5.74) is 3.12. The zero-order valence-electron chi connectivity index (χ0n) is 12.4. The zero-order chi connectivity index (χ0) is 15.8. The number of fused-ring (bicyclic) bond motifs is 1. The second kappa shape index (κ2) is 5.48. The summed E-state index contributed by atoms with van der Waals surface area (Å²) in [6.07, 6.45) is 0. The molecule has 2 aromatic carbocycles. The molecule has 4 aromatic rings. The average molecular weight is 319 g/mol. The Morgan fingerprint density at radius 3 is 2.61 bits per heavy atom. The SMILES string of the molecule is Cc1nc(-c2cccc3c(=O)cc(-c4ccccc4)oc23)cs1. The van der Waals surface area contributed by atoms with Crippen molar-refractivity contribution in [1.82, 2.24) is 4.98 Å². The number of aromatic nitrogens is 1. The number of rotatable bonds is 2. The lowest BCUT2D eigenvalue weighted by atomic mass is 10.1. The van der Waals surface area contributed by atoms with Crippen molar-refractivity contribution in [3.8, 4) is 22.6 Å². The molecule has 23 heavy (non-hydrogen) atoms. The maximum atomic E-state index is 12.5. The molecule has 0 fully saturated rings. The van der Waals surface area contributed by atoms with Crippen LogP contribution in [0.15, 0.2) is 69.2 Å². The lowest BCUT2D eigenvalue weighted by Gasteiger charge is -2.06.